The van der Waals surface area contributed by atoms with Crippen molar-refractivity contribution in [1.29, 1.82) is 0 Å². The van der Waals surface area contributed by atoms with Gasteiger partial charge in [0.25, 0.3) is 0 Å². The van der Waals surface area contributed by atoms with Gasteiger partial charge < -0.3 is 9.66 Å². The van der Waals surface area contributed by atoms with Crippen LogP contribution in [0.1, 0.15) is 10.4 Å². The van der Waals surface area contributed by atoms with Gasteiger partial charge in [-0.1, -0.05) is 24.3 Å². The number of carbonyl (C=O) groups is 1. The maximum absolute atomic E-state index is 11.0. The quantitative estimate of drug-likeness (QED) is 0.528. The second-order valence-corrected chi connectivity index (χ2v) is 4.83. The van der Waals surface area contributed by atoms with Gasteiger partial charge in [-0.15, -0.1) is 0 Å². The molecule has 0 saturated heterocycles. The van der Waals surface area contributed by atoms with Crippen molar-refractivity contribution in [2.75, 3.05) is 0 Å². The van der Waals surface area contributed by atoms with Crippen molar-refractivity contribution in [3.63, 3.8) is 0 Å². The van der Waals surface area contributed by atoms with Crippen molar-refractivity contribution >= 4 is 26.9 Å². The largest absolute Gasteiger partial charge is 1.00 e. The molecule has 0 aliphatic rings. The topological polar surface area (TPSA) is 94.5 Å². The van der Waals surface area contributed by atoms with Gasteiger partial charge in [0.05, 0.1) is 10.5 Å². The van der Waals surface area contributed by atoms with Crippen LogP contribution in [0.25, 0.3) is 10.8 Å². The Morgan fingerprint density at radius 3 is 2.33 bits per heavy atom. The Bertz CT molecular complexity index is 708. The average Bonchev–Trinajstić information content (AvgIpc) is 2.26. The van der Waals surface area contributed by atoms with Crippen LogP contribution >= 0.6 is 0 Å². The third-order valence-corrected chi connectivity index (χ3v) is 3.17. The molecule has 1 N–H and O–H groups in total. The Morgan fingerprint density at radius 1 is 1.17 bits per heavy atom. The third-order valence-electron chi connectivity index (χ3n) is 2.35. The molecule has 0 saturated carbocycles. The zero-order valence-corrected chi connectivity index (χ0v) is 12.3. The minimum atomic E-state index is -4.66. The van der Waals surface area contributed by atoms with Crippen LogP contribution in [0, 0.1) is 0 Å². The maximum atomic E-state index is 11.0. The molecule has 0 bridgehead atoms. The smallest absolute Gasteiger partial charge is 0.744 e. The molecule has 0 aromatic heterocycles. The maximum Gasteiger partial charge on any atom is 1.00 e. The fourth-order valence-electron chi connectivity index (χ4n) is 1.60. The van der Waals surface area contributed by atoms with Gasteiger partial charge >= 0.3 is 35.5 Å². The molecule has 2 aromatic carbocycles. The van der Waals surface area contributed by atoms with Crippen molar-refractivity contribution in [2.45, 2.75) is 4.90 Å². The van der Waals surface area contributed by atoms with Crippen molar-refractivity contribution in [3.05, 3.63) is 42.0 Å². The minimum absolute atomic E-state index is 0. The summed E-state index contributed by atoms with van der Waals surface area (Å²) in [6, 6.07) is 8.43. The van der Waals surface area contributed by atoms with E-state index in [0.29, 0.717) is 10.8 Å². The summed E-state index contributed by atoms with van der Waals surface area (Å²) in [5.74, 6) is -1.27. The molecule has 0 atom stereocenters. The van der Waals surface area contributed by atoms with Gasteiger partial charge in [-0.2, -0.15) is 0 Å². The van der Waals surface area contributed by atoms with Gasteiger partial charge in [0, 0.05) is 0 Å². The molecule has 5 nitrogen and oxygen atoms in total. The summed E-state index contributed by atoms with van der Waals surface area (Å²) in [7, 11) is -4.66. The number of rotatable bonds is 2. The Balaban J connectivity index is 0.00000162. The zero-order valence-electron chi connectivity index (χ0n) is 9.45. The summed E-state index contributed by atoms with van der Waals surface area (Å²) >= 11 is 0. The molecule has 2 aromatic rings. The first-order chi connectivity index (χ1) is 7.89. The van der Waals surface area contributed by atoms with E-state index in [-0.39, 0.29) is 35.1 Å². The number of carboxylic acid groups (broad SMARTS) is 1. The van der Waals surface area contributed by atoms with E-state index in [9.17, 15) is 17.8 Å². The fourth-order valence-corrected chi connectivity index (χ4v) is 2.14. The summed E-state index contributed by atoms with van der Waals surface area (Å²) in [5.41, 5.74) is -0.197. The molecule has 0 unspecified atom stereocenters. The fraction of sp³-hybridized carbons (Fsp3) is 0. The number of fused-ring (bicyclic) bond motifs is 1. The molecule has 18 heavy (non-hydrogen) atoms. The standard InChI is InChI=1S/C11H8O5S.Na/c12-11(13)10-6-8(17(14,15)16)5-7-3-1-2-4-9(7)10;/h1-6H,(H,12,13)(H,14,15,16);/q;+1/p-1. The molecule has 88 valence electrons. The van der Waals surface area contributed by atoms with Gasteiger partial charge in [-0.3, -0.25) is 0 Å². The first kappa shape index (κ1) is 15.1. The van der Waals surface area contributed by atoms with Crippen molar-refractivity contribution in [3.8, 4) is 0 Å². The van der Waals surface area contributed by atoms with Gasteiger partial charge in [-0.25, -0.2) is 13.2 Å². The normalized spacial score (nSPS) is 10.9. The summed E-state index contributed by atoms with van der Waals surface area (Å²) in [5, 5.41) is 9.78. The molecule has 2 rings (SSSR count). The number of benzene rings is 2. The van der Waals surface area contributed by atoms with Gasteiger partial charge in [0.15, 0.2) is 0 Å². The van der Waals surface area contributed by atoms with E-state index in [0.717, 1.165) is 6.07 Å². The molecule has 0 fully saturated rings. The molecular formula is C11H7NaO5S. The molecule has 0 aliphatic carbocycles. The second-order valence-electron chi connectivity index (χ2n) is 3.45. The van der Waals surface area contributed by atoms with E-state index in [2.05, 4.69) is 0 Å². The van der Waals surface area contributed by atoms with Crippen molar-refractivity contribution in [2.24, 2.45) is 0 Å². The molecule has 7 heteroatoms. The first-order valence-electron chi connectivity index (χ1n) is 4.61. The number of carboxylic acids is 1. The predicted molar refractivity (Wildman–Crippen MR) is 58.9 cm³/mol. The predicted octanol–water partition coefficient (Wildman–Crippen LogP) is -1.55. The Morgan fingerprint density at radius 2 is 1.78 bits per heavy atom. The third kappa shape index (κ3) is 2.90. The van der Waals surface area contributed by atoms with Crippen molar-refractivity contribution in [1.82, 2.24) is 0 Å². The zero-order chi connectivity index (χ0) is 12.6. The SMILES string of the molecule is O=C(O)c1cc(S(=O)(=O)[O-])cc2ccccc12.[Na+]. The number of aromatic carboxylic acids is 1. The van der Waals surface area contributed by atoms with E-state index in [1.165, 1.54) is 6.07 Å². The van der Waals surface area contributed by atoms with Crippen LogP contribution in [-0.2, 0) is 10.1 Å². The average molecular weight is 274 g/mol. The molecule has 0 spiro atoms. The van der Waals surface area contributed by atoms with Crippen LogP contribution in [0.15, 0.2) is 41.3 Å². The Hall–Kier alpha value is -0.920. The second kappa shape index (κ2) is 5.38. The molecule has 0 aliphatic heterocycles. The first-order valence-corrected chi connectivity index (χ1v) is 6.02. The van der Waals surface area contributed by atoms with Crippen LogP contribution < -0.4 is 29.6 Å². The van der Waals surface area contributed by atoms with Crippen LogP contribution in [-0.4, -0.2) is 24.0 Å². The van der Waals surface area contributed by atoms with E-state index in [1.54, 1.807) is 24.3 Å². The van der Waals surface area contributed by atoms with Crippen LogP contribution in [0.5, 0.6) is 0 Å². The Labute approximate surface area is 125 Å². The van der Waals surface area contributed by atoms with E-state index in [4.69, 9.17) is 5.11 Å². The Kier molecular flexibility index (Phi) is 4.52. The van der Waals surface area contributed by atoms with E-state index < -0.39 is 21.0 Å². The summed E-state index contributed by atoms with van der Waals surface area (Å²) < 4.78 is 32.7. The van der Waals surface area contributed by atoms with Gasteiger partial charge in [0.1, 0.15) is 10.1 Å². The number of hydrogen-bond acceptors (Lipinski definition) is 4. The van der Waals surface area contributed by atoms with Crippen LogP contribution in [0.3, 0.4) is 0 Å². The molecule has 0 heterocycles. The summed E-state index contributed by atoms with van der Waals surface area (Å²) in [6.07, 6.45) is 0. The van der Waals surface area contributed by atoms with Crippen molar-refractivity contribution < 1.29 is 52.4 Å². The molecule has 0 radical (unpaired) electrons. The number of hydrogen-bond donors (Lipinski definition) is 1. The minimum Gasteiger partial charge on any atom is -0.744 e. The van der Waals surface area contributed by atoms with Gasteiger partial charge in [0.2, 0.25) is 0 Å². The summed E-state index contributed by atoms with van der Waals surface area (Å²) in [6.45, 7) is 0. The summed E-state index contributed by atoms with van der Waals surface area (Å²) in [4.78, 5) is 10.5. The monoisotopic (exact) mass is 274 g/mol. The van der Waals surface area contributed by atoms with Gasteiger partial charge in [-0.05, 0) is 22.9 Å². The van der Waals surface area contributed by atoms with Crippen LogP contribution in [0.4, 0.5) is 0 Å². The molecule has 0 amide bonds. The van der Waals surface area contributed by atoms with E-state index >= 15 is 0 Å². The van der Waals surface area contributed by atoms with E-state index in [1.807, 2.05) is 0 Å². The van der Waals surface area contributed by atoms with Crippen LogP contribution in [0.2, 0.25) is 0 Å². The molecular weight excluding hydrogens is 267 g/mol.